The lowest BCUT2D eigenvalue weighted by molar-refractivity contribution is -0.138. The van der Waals surface area contributed by atoms with Gasteiger partial charge in [-0.1, -0.05) is 18.2 Å². The van der Waals surface area contributed by atoms with Crippen LogP contribution in [0.3, 0.4) is 0 Å². The number of carbonyl (C=O) groups excluding carboxylic acids is 1. The zero-order chi connectivity index (χ0) is 11.3. The van der Waals surface area contributed by atoms with E-state index in [0.717, 1.165) is 12.2 Å². The number of ether oxygens (including phenoxy) is 1. The molecule has 1 aromatic rings. The van der Waals surface area contributed by atoms with Crippen LogP contribution in [0.15, 0.2) is 24.3 Å². The van der Waals surface area contributed by atoms with Crippen LogP contribution in [0.1, 0.15) is 12.5 Å². The van der Waals surface area contributed by atoms with Gasteiger partial charge in [0, 0.05) is 12.2 Å². The molecule has 3 nitrogen and oxygen atoms in total. The van der Waals surface area contributed by atoms with Crippen molar-refractivity contribution in [2.24, 2.45) is 0 Å². The van der Waals surface area contributed by atoms with Crippen LogP contribution < -0.4 is 4.90 Å². The molecule has 3 heteroatoms. The summed E-state index contributed by atoms with van der Waals surface area (Å²) >= 11 is 0. The number of para-hydroxylation sites is 1. The van der Waals surface area contributed by atoms with Crippen LogP contribution in [0.25, 0.3) is 0 Å². The van der Waals surface area contributed by atoms with E-state index in [2.05, 4.69) is 4.74 Å². The maximum atomic E-state index is 11.2. The number of carbonyl (C=O) groups is 1. The number of esters is 1. The molecule has 0 radical (unpaired) electrons. The first-order valence-corrected chi connectivity index (χ1v) is 5.06. The highest BCUT2D eigenvalue weighted by Crippen LogP contribution is 2.18. The Kier molecular flexibility index (Phi) is 4.16. The van der Waals surface area contributed by atoms with Crippen molar-refractivity contribution in [3.05, 3.63) is 29.8 Å². The number of hydrogen-bond donors (Lipinski definition) is 0. The molecule has 0 N–H and O–H groups in total. The Balaban J connectivity index is 2.83. The molecule has 0 saturated heterocycles. The number of hydrogen-bond acceptors (Lipinski definition) is 3. The summed E-state index contributed by atoms with van der Waals surface area (Å²) in [7, 11) is 1.41. The molecule has 82 valence electrons. The Morgan fingerprint density at radius 1 is 1.40 bits per heavy atom. The van der Waals surface area contributed by atoms with Crippen LogP contribution in [-0.2, 0) is 9.53 Å². The predicted molar refractivity (Wildman–Crippen MR) is 61.1 cm³/mol. The lowest BCUT2D eigenvalue weighted by Crippen LogP contribution is -2.30. The number of rotatable bonds is 4. The summed E-state index contributed by atoms with van der Waals surface area (Å²) in [5.74, 6) is -0.208. The number of aryl methyl sites for hydroxylation is 1. The van der Waals surface area contributed by atoms with Gasteiger partial charge in [0.15, 0.2) is 0 Å². The first-order valence-electron chi connectivity index (χ1n) is 5.06. The monoisotopic (exact) mass is 207 g/mol. The van der Waals surface area contributed by atoms with Gasteiger partial charge in [-0.25, -0.2) is 0 Å². The molecule has 0 spiro atoms. The third-order valence-electron chi connectivity index (χ3n) is 2.39. The second kappa shape index (κ2) is 5.39. The molecule has 0 aliphatic rings. The van der Waals surface area contributed by atoms with Crippen molar-refractivity contribution in [1.29, 1.82) is 0 Å². The fourth-order valence-corrected chi connectivity index (χ4v) is 1.51. The molecule has 1 aromatic carbocycles. The van der Waals surface area contributed by atoms with Crippen molar-refractivity contribution in [3.63, 3.8) is 0 Å². The van der Waals surface area contributed by atoms with Crippen LogP contribution in [-0.4, -0.2) is 26.2 Å². The smallest absolute Gasteiger partial charge is 0.325 e. The van der Waals surface area contributed by atoms with E-state index >= 15 is 0 Å². The maximum absolute atomic E-state index is 11.2. The van der Waals surface area contributed by atoms with Crippen molar-refractivity contribution < 1.29 is 9.53 Å². The largest absolute Gasteiger partial charge is 0.468 e. The molecule has 0 atom stereocenters. The van der Waals surface area contributed by atoms with Crippen molar-refractivity contribution in [2.75, 3.05) is 25.1 Å². The average Bonchev–Trinajstić information content (AvgIpc) is 2.26. The van der Waals surface area contributed by atoms with E-state index in [-0.39, 0.29) is 5.97 Å². The molecular weight excluding hydrogens is 190 g/mol. The van der Waals surface area contributed by atoms with E-state index < -0.39 is 0 Å². The minimum Gasteiger partial charge on any atom is -0.468 e. The van der Waals surface area contributed by atoms with Crippen molar-refractivity contribution in [2.45, 2.75) is 13.8 Å². The van der Waals surface area contributed by atoms with E-state index in [1.807, 2.05) is 43.0 Å². The van der Waals surface area contributed by atoms with E-state index in [9.17, 15) is 4.79 Å². The van der Waals surface area contributed by atoms with E-state index in [4.69, 9.17) is 0 Å². The third-order valence-corrected chi connectivity index (χ3v) is 2.39. The third kappa shape index (κ3) is 2.98. The molecule has 0 fully saturated rings. The number of likely N-dealkylation sites (N-methyl/N-ethyl adjacent to an activating group) is 1. The van der Waals surface area contributed by atoms with Gasteiger partial charge in [-0.3, -0.25) is 4.79 Å². The van der Waals surface area contributed by atoms with Gasteiger partial charge in [0.05, 0.1) is 7.11 Å². The quantitative estimate of drug-likeness (QED) is 0.707. The molecule has 0 saturated carbocycles. The van der Waals surface area contributed by atoms with Crippen LogP contribution in [0.4, 0.5) is 5.69 Å². The van der Waals surface area contributed by atoms with E-state index in [0.29, 0.717) is 6.54 Å². The summed E-state index contributed by atoms with van der Waals surface area (Å²) in [5.41, 5.74) is 2.26. The Labute approximate surface area is 90.7 Å². The molecule has 0 heterocycles. The highest BCUT2D eigenvalue weighted by molar-refractivity contribution is 5.76. The number of methoxy groups -OCH3 is 1. The first-order chi connectivity index (χ1) is 7.19. The highest BCUT2D eigenvalue weighted by Gasteiger charge is 2.11. The van der Waals surface area contributed by atoms with Gasteiger partial charge in [0.1, 0.15) is 6.54 Å². The topological polar surface area (TPSA) is 29.5 Å². The van der Waals surface area contributed by atoms with Crippen LogP contribution in [0.5, 0.6) is 0 Å². The van der Waals surface area contributed by atoms with Gasteiger partial charge in [0.2, 0.25) is 0 Å². The minimum absolute atomic E-state index is 0.208. The standard InChI is InChI=1S/C12H17NO2/c1-4-13(9-12(14)15-3)11-8-6-5-7-10(11)2/h5-8H,4,9H2,1-3H3. The van der Waals surface area contributed by atoms with E-state index in [1.165, 1.54) is 12.7 Å². The molecule has 0 amide bonds. The summed E-state index contributed by atoms with van der Waals surface area (Å²) in [5, 5.41) is 0. The molecule has 0 aliphatic heterocycles. The molecular formula is C12H17NO2. The summed E-state index contributed by atoms with van der Waals surface area (Å²) in [6, 6.07) is 8.02. The molecule has 0 unspecified atom stereocenters. The zero-order valence-corrected chi connectivity index (χ0v) is 9.49. The fourth-order valence-electron chi connectivity index (χ4n) is 1.51. The second-order valence-corrected chi connectivity index (χ2v) is 3.38. The summed E-state index contributed by atoms with van der Waals surface area (Å²) in [6.45, 7) is 5.16. The van der Waals surface area contributed by atoms with Crippen LogP contribution in [0.2, 0.25) is 0 Å². The van der Waals surface area contributed by atoms with Crippen molar-refractivity contribution >= 4 is 11.7 Å². The first kappa shape index (κ1) is 11.6. The minimum atomic E-state index is -0.208. The summed E-state index contributed by atoms with van der Waals surface area (Å²) in [6.07, 6.45) is 0. The molecule has 1 rings (SSSR count). The highest BCUT2D eigenvalue weighted by atomic mass is 16.5. The summed E-state index contributed by atoms with van der Waals surface area (Å²) in [4.78, 5) is 13.2. The van der Waals surface area contributed by atoms with Gasteiger partial charge >= 0.3 is 5.97 Å². The fraction of sp³-hybridized carbons (Fsp3) is 0.417. The number of benzene rings is 1. The predicted octanol–water partition coefficient (Wildman–Crippen LogP) is 1.99. The Hall–Kier alpha value is -1.51. The lowest BCUT2D eigenvalue weighted by Gasteiger charge is -2.23. The Morgan fingerprint density at radius 3 is 2.60 bits per heavy atom. The van der Waals surface area contributed by atoms with Crippen molar-refractivity contribution in [1.82, 2.24) is 0 Å². The molecule has 15 heavy (non-hydrogen) atoms. The van der Waals surface area contributed by atoms with Crippen molar-refractivity contribution in [3.8, 4) is 0 Å². The average molecular weight is 207 g/mol. The Morgan fingerprint density at radius 2 is 2.07 bits per heavy atom. The number of nitrogens with zero attached hydrogens (tertiary/aromatic N) is 1. The van der Waals surface area contributed by atoms with Gasteiger partial charge in [-0.05, 0) is 25.5 Å². The Bertz CT molecular complexity index is 336. The zero-order valence-electron chi connectivity index (χ0n) is 9.49. The SMILES string of the molecule is CCN(CC(=O)OC)c1ccccc1C. The summed E-state index contributed by atoms with van der Waals surface area (Å²) < 4.78 is 4.66. The molecule has 0 aromatic heterocycles. The second-order valence-electron chi connectivity index (χ2n) is 3.38. The van der Waals surface area contributed by atoms with Crippen LogP contribution in [0, 0.1) is 6.92 Å². The van der Waals surface area contributed by atoms with Gasteiger partial charge in [0.25, 0.3) is 0 Å². The maximum Gasteiger partial charge on any atom is 0.325 e. The van der Waals surface area contributed by atoms with Gasteiger partial charge < -0.3 is 9.64 Å². The lowest BCUT2D eigenvalue weighted by atomic mass is 10.2. The molecule has 0 bridgehead atoms. The molecule has 0 aliphatic carbocycles. The van der Waals surface area contributed by atoms with Gasteiger partial charge in [-0.2, -0.15) is 0 Å². The van der Waals surface area contributed by atoms with Crippen LogP contribution >= 0.6 is 0 Å². The van der Waals surface area contributed by atoms with E-state index in [1.54, 1.807) is 0 Å². The number of anilines is 1. The normalized spacial score (nSPS) is 9.80. The van der Waals surface area contributed by atoms with Gasteiger partial charge in [-0.15, -0.1) is 0 Å².